The van der Waals surface area contributed by atoms with Gasteiger partial charge in [-0.3, -0.25) is 0 Å². The third-order valence-corrected chi connectivity index (χ3v) is 5.53. The number of allylic oxidation sites excluding steroid dienone is 2. The number of carbonyl (C=O) groups is 2. The molecule has 3 aromatic carbocycles. The van der Waals surface area contributed by atoms with Crippen molar-refractivity contribution in [1.29, 1.82) is 0 Å². The summed E-state index contributed by atoms with van der Waals surface area (Å²) < 4.78 is 10.8. The van der Waals surface area contributed by atoms with Gasteiger partial charge in [-0.2, -0.15) is 0 Å². The largest absolute Gasteiger partial charge is 0.423 e. The molecule has 182 valence electrons. The van der Waals surface area contributed by atoms with Crippen LogP contribution in [-0.2, 0) is 9.59 Å². The Hall–Kier alpha value is -4.44. The van der Waals surface area contributed by atoms with E-state index in [1.165, 1.54) is 0 Å². The Morgan fingerprint density at radius 1 is 0.583 bits per heavy atom. The average molecular weight is 479 g/mol. The zero-order valence-corrected chi connectivity index (χ0v) is 21.2. The fourth-order valence-corrected chi connectivity index (χ4v) is 3.54. The summed E-state index contributed by atoms with van der Waals surface area (Å²) in [5.41, 5.74) is 8.05. The van der Waals surface area contributed by atoms with Gasteiger partial charge in [0.2, 0.25) is 0 Å². The van der Waals surface area contributed by atoms with E-state index >= 15 is 0 Å². The molecule has 4 nitrogen and oxygen atoms in total. The minimum Gasteiger partial charge on any atom is -0.423 e. The molecule has 3 rings (SSSR count). The molecule has 36 heavy (non-hydrogen) atoms. The first-order valence-electron chi connectivity index (χ1n) is 11.4. The first-order valence-corrected chi connectivity index (χ1v) is 11.4. The topological polar surface area (TPSA) is 52.6 Å². The molecule has 0 aliphatic carbocycles. The van der Waals surface area contributed by atoms with Crippen LogP contribution < -0.4 is 9.47 Å². The van der Waals surface area contributed by atoms with Crippen LogP contribution in [-0.4, -0.2) is 11.9 Å². The number of hydrogen-bond acceptors (Lipinski definition) is 4. The van der Waals surface area contributed by atoms with E-state index in [2.05, 4.69) is 32.4 Å². The summed E-state index contributed by atoms with van der Waals surface area (Å²) in [7, 11) is 0. The number of hydrogen-bond donors (Lipinski definition) is 0. The van der Waals surface area contributed by atoms with E-state index < -0.39 is 11.9 Å². The van der Waals surface area contributed by atoms with Crippen LogP contribution in [0.5, 0.6) is 11.5 Å². The maximum atomic E-state index is 12.0. The monoisotopic (exact) mass is 478 g/mol. The third kappa shape index (κ3) is 5.97. The van der Waals surface area contributed by atoms with Gasteiger partial charge in [-0.25, -0.2) is 9.59 Å². The van der Waals surface area contributed by atoms with Crippen LogP contribution in [0.2, 0.25) is 0 Å². The fourth-order valence-electron chi connectivity index (χ4n) is 3.54. The fraction of sp³-hybridized carbons (Fsp3) is 0.125. The van der Waals surface area contributed by atoms with Gasteiger partial charge in [-0.05, 0) is 91.4 Å². The maximum absolute atomic E-state index is 12.0. The minimum absolute atomic E-state index is 0.329. The van der Waals surface area contributed by atoms with Gasteiger partial charge in [0.1, 0.15) is 11.5 Å². The lowest BCUT2D eigenvalue weighted by molar-refractivity contribution is -0.130. The van der Waals surface area contributed by atoms with Gasteiger partial charge in [-0.1, -0.05) is 62.2 Å². The van der Waals surface area contributed by atoms with E-state index in [1.807, 2.05) is 50.2 Å². The number of carbonyl (C=O) groups excluding carboxylic acids is 2. The van der Waals surface area contributed by atoms with E-state index in [9.17, 15) is 9.59 Å². The van der Waals surface area contributed by atoms with E-state index in [0.717, 1.165) is 44.5 Å². The summed E-state index contributed by atoms with van der Waals surface area (Å²) in [6, 6.07) is 19.2. The molecule has 0 spiro atoms. The Bertz CT molecular complexity index is 1400. The molecule has 3 aromatic rings. The minimum atomic E-state index is -0.473. The Balaban J connectivity index is 1.99. The second-order valence-corrected chi connectivity index (χ2v) is 8.90. The molecule has 0 N–H and O–H groups in total. The summed E-state index contributed by atoms with van der Waals surface area (Å²) in [6.45, 7) is 22.5. The molecule has 0 atom stereocenters. The van der Waals surface area contributed by atoms with E-state index in [4.69, 9.17) is 9.47 Å². The summed E-state index contributed by atoms with van der Waals surface area (Å²) in [4.78, 5) is 23.8. The van der Waals surface area contributed by atoms with Gasteiger partial charge in [0.25, 0.3) is 0 Å². The zero-order valence-electron chi connectivity index (χ0n) is 21.2. The molecule has 4 heteroatoms. The van der Waals surface area contributed by atoms with E-state index in [-0.39, 0.29) is 0 Å². The Morgan fingerprint density at radius 2 is 1.06 bits per heavy atom. The average Bonchev–Trinajstić information content (AvgIpc) is 2.84. The Morgan fingerprint density at radius 3 is 1.58 bits per heavy atom. The van der Waals surface area contributed by atoms with Gasteiger partial charge in [0.15, 0.2) is 0 Å². The van der Waals surface area contributed by atoms with Gasteiger partial charge in [0.05, 0.1) is 0 Å². The smallest absolute Gasteiger partial charge is 0.338 e. The molecule has 0 aliphatic rings. The van der Waals surface area contributed by atoms with Crippen molar-refractivity contribution in [2.24, 2.45) is 0 Å². The lowest BCUT2D eigenvalue weighted by Gasteiger charge is -2.15. The normalized spacial score (nSPS) is 10.3. The molecule has 0 bridgehead atoms. The van der Waals surface area contributed by atoms with E-state index in [1.54, 1.807) is 32.0 Å². The lowest BCUT2D eigenvalue weighted by Crippen LogP contribution is -2.09. The van der Waals surface area contributed by atoms with Gasteiger partial charge in [0, 0.05) is 16.7 Å². The molecule has 0 radical (unpaired) electrons. The zero-order chi connectivity index (χ0) is 26.6. The highest BCUT2D eigenvalue weighted by Gasteiger charge is 2.14. The Kier molecular flexibility index (Phi) is 7.90. The summed E-state index contributed by atoms with van der Waals surface area (Å²) in [5.74, 6) is -0.0210. The Labute approximate surface area is 212 Å². The molecular weight excluding hydrogens is 448 g/mol. The molecule has 0 saturated heterocycles. The molecule has 0 fully saturated rings. The van der Waals surface area contributed by atoms with Crippen molar-refractivity contribution in [1.82, 2.24) is 0 Å². The van der Waals surface area contributed by atoms with Crippen molar-refractivity contribution in [3.63, 3.8) is 0 Å². The molecule has 0 heterocycles. The van der Waals surface area contributed by atoms with E-state index in [0.29, 0.717) is 22.6 Å². The quantitative estimate of drug-likeness (QED) is 0.187. The summed E-state index contributed by atoms with van der Waals surface area (Å²) in [5, 5.41) is 0. The highest BCUT2D eigenvalue weighted by Crippen LogP contribution is 2.36. The molecular formula is C32H30O4. The predicted molar refractivity (Wildman–Crippen MR) is 148 cm³/mol. The van der Waals surface area contributed by atoms with Crippen molar-refractivity contribution in [3.8, 4) is 33.8 Å². The number of benzene rings is 3. The number of rotatable bonds is 8. The second-order valence-electron chi connectivity index (χ2n) is 8.90. The lowest BCUT2D eigenvalue weighted by atomic mass is 9.91. The van der Waals surface area contributed by atoms with Crippen molar-refractivity contribution in [2.45, 2.75) is 27.7 Å². The summed E-state index contributed by atoms with van der Waals surface area (Å²) >= 11 is 0. The SMILES string of the molecule is C=C(C)C(=O)Oc1ccc(-c2ccc(-c3ccc(OC(=O)C(=C)C)c(C(=C)C)c3)cc2C(=C)C)cc1. The van der Waals surface area contributed by atoms with Gasteiger partial charge < -0.3 is 9.47 Å². The van der Waals surface area contributed by atoms with Gasteiger partial charge >= 0.3 is 11.9 Å². The van der Waals surface area contributed by atoms with Crippen molar-refractivity contribution < 1.29 is 19.1 Å². The molecule has 0 unspecified atom stereocenters. The first kappa shape index (κ1) is 26.2. The third-order valence-electron chi connectivity index (χ3n) is 5.53. The van der Waals surface area contributed by atoms with Crippen LogP contribution in [0.15, 0.2) is 98.1 Å². The maximum Gasteiger partial charge on any atom is 0.338 e. The molecule has 0 amide bonds. The van der Waals surface area contributed by atoms with Crippen LogP contribution in [0.4, 0.5) is 0 Å². The van der Waals surface area contributed by atoms with Crippen molar-refractivity contribution in [3.05, 3.63) is 109 Å². The molecule has 0 saturated carbocycles. The van der Waals surface area contributed by atoms with Crippen LogP contribution in [0.1, 0.15) is 38.8 Å². The number of ether oxygens (including phenoxy) is 2. The highest BCUT2D eigenvalue weighted by atomic mass is 16.5. The highest BCUT2D eigenvalue weighted by molar-refractivity contribution is 5.91. The van der Waals surface area contributed by atoms with Crippen molar-refractivity contribution >= 4 is 23.1 Å². The van der Waals surface area contributed by atoms with Crippen molar-refractivity contribution in [2.75, 3.05) is 0 Å². The molecule has 0 aliphatic heterocycles. The van der Waals surface area contributed by atoms with Crippen LogP contribution in [0, 0.1) is 0 Å². The predicted octanol–water partition coefficient (Wildman–Crippen LogP) is 8.05. The first-order chi connectivity index (χ1) is 17.0. The van der Waals surface area contributed by atoms with Crippen LogP contribution >= 0.6 is 0 Å². The van der Waals surface area contributed by atoms with Crippen LogP contribution in [0.3, 0.4) is 0 Å². The standard InChI is InChI=1S/C32H30O4/c1-19(2)28-17-24(25-12-16-30(29(18-25)20(3)4)36-32(34)22(7)8)11-15-27(28)23-9-13-26(14-10-23)35-31(33)21(5)6/h9-18H,1,3,5,7H2,2,4,6,8H3. The van der Waals surface area contributed by atoms with Gasteiger partial charge in [-0.15, -0.1) is 0 Å². The molecule has 0 aromatic heterocycles. The number of esters is 2. The summed E-state index contributed by atoms with van der Waals surface area (Å²) in [6.07, 6.45) is 0. The van der Waals surface area contributed by atoms with Crippen LogP contribution in [0.25, 0.3) is 33.4 Å². The second kappa shape index (κ2) is 10.9.